The molecule has 0 radical (unpaired) electrons. The smallest absolute Gasteiger partial charge is 0.143 e. The van der Waals surface area contributed by atoms with Gasteiger partial charge in [0.15, 0.2) is 0 Å². The van der Waals surface area contributed by atoms with Crippen molar-refractivity contribution in [2.75, 3.05) is 0 Å². The van der Waals surface area contributed by atoms with Gasteiger partial charge < -0.3 is 9.72 Å². The maximum absolute atomic E-state index is 5.33. The van der Waals surface area contributed by atoms with Gasteiger partial charge in [0.1, 0.15) is 6.10 Å². The highest BCUT2D eigenvalue weighted by molar-refractivity contribution is 5.21. The molecule has 1 aliphatic heterocycles. The summed E-state index contributed by atoms with van der Waals surface area (Å²) < 4.78 is 5.33. The molecule has 0 fully saturated rings. The van der Waals surface area contributed by atoms with E-state index in [4.69, 9.17) is 4.74 Å². The van der Waals surface area contributed by atoms with E-state index in [0.29, 0.717) is 0 Å². The van der Waals surface area contributed by atoms with Crippen LogP contribution in [0.25, 0.3) is 0 Å². The minimum Gasteiger partial charge on any atom is -0.489 e. The van der Waals surface area contributed by atoms with E-state index in [0.717, 1.165) is 5.56 Å². The summed E-state index contributed by atoms with van der Waals surface area (Å²) in [5.74, 6) is 0. The molecule has 11 heavy (non-hydrogen) atoms. The lowest BCUT2D eigenvalue weighted by Crippen LogP contribution is -1.96. The number of aromatic nitrogens is 1. The van der Waals surface area contributed by atoms with Crippen LogP contribution in [-0.2, 0) is 4.74 Å². The molecule has 0 bridgehead atoms. The summed E-state index contributed by atoms with van der Waals surface area (Å²) in [5, 5.41) is 0. The Morgan fingerprint density at radius 1 is 1.36 bits per heavy atom. The lowest BCUT2D eigenvalue weighted by atomic mass is 10.1. The van der Waals surface area contributed by atoms with Gasteiger partial charge in [-0.05, 0) is 18.2 Å². The zero-order valence-electron chi connectivity index (χ0n) is 6.03. The molecule has 0 aromatic carbocycles. The molecule has 0 amide bonds. The summed E-state index contributed by atoms with van der Waals surface area (Å²) in [6.45, 7) is 0. The molecule has 0 spiro atoms. The number of nitrogens with one attached hydrogen (secondary N) is 1. The first-order valence-corrected chi connectivity index (χ1v) is 3.58. The van der Waals surface area contributed by atoms with Crippen LogP contribution in [0.15, 0.2) is 43.0 Å². The predicted molar refractivity (Wildman–Crippen MR) is 42.9 cm³/mol. The molecule has 56 valence electrons. The van der Waals surface area contributed by atoms with Crippen LogP contribution in [0, 0.1) is 0 Å². The van der Waals surface area contributed by atoms with Crippen LogP contribution in [0.3, 0.4) is 0 Å². The van der Waals surface area contributed by atoms with Crippen molar-refractivity contribution < 1.29 is 4.74 Å². The van der Waals surface area contributed by atoms with E-state index in [1.54, 1.807) is 6.26 Å². The number of H-pyrrole nitrogens is 1. The van der Waals surface area contributed by atoms with Gasteiger partial charge in [0, 0.05) is 18.0 Å². The van der Waals surface area contributed by atoms with Crippen LogP contribution < -0.4 is 0 Å². The fraction of sp³-hybridized carbons (Fsp3) is 0.111. The van der Waals surface area contributed by atoms with Gasteiger partial charge in [0.25, 0.3) is 0 Å². The zero-order chi connectivity index (χ0) is 7.52. The van der Waals surface area contributed by atoms with Crippen LogP contribution in [0.4, 0.5) is 0 Å². The first-order valence-electron chi connectivity index (χ1n) is 3.58. The highest BCUT2D eigenvalue weighted by Crippen LogP contribution is 2.20. The Hall–Kier alpha value is -1.44. The summed E-state index contributed by atoms with van der Waals surface area (Å²) in [7, 11) is 0. The van der Waals surface area contributed by atoms with Crippen LogP contribution in [0.1, 0.15) is 11.7 Å². The number of allylic oxidation sites excluding steroid dienone is 2. The third kappa shape index (κ3) is 1.19. The van der Waals surface area contributed by atoms with E-state index >= 15 is 0 Å². The Morgan fingerprint density at radius 3 is 3.00 bits per heavy atom. The second kappa shape index (κ2) is 2.66. The second-order valence-corrected chi connectivity index (χ2v) is 2.41. The summed E-state index contributed by atoms with van der Waals surface area (Å²) in [6, 6.07) is 2.01. The summed E-state index contributed by atoms with van der Waals surface area (Å²) in [4.78, 5) is 2.99. The average Bonchev–Trinajstić information content (AvgIpc) is 2.58. The van der Waals surface area contributed by atoms with Crippen molar-refractivity contribution in [2.24, 2.45) is 0 Å². The summed E-state index contributed by atoms with van der Waals surface area (Å²) >= 11 is 0. The molecule has 1 aromatic heterocycles. The van der Waals surface area contributed by atoms with E-state index in [-0.39, 0.29) is 6.10 Å². The molecular weight excluding hydrogens is 138 g/mol. The summed E-state index contributed by atoms with van der Waals surface area (Å²) in [5.41, 5.74) is 1.16. The lowest BCUT2D eigenvalue weighted by molar-refractivity contribution is 0.186. The monoisotopic (exact) mass is 147 g/mol. The largest absolute Gasteiger partial charge is 0.489 e. The fourth-order valence-electron chi connectivity index (χ4n) is 1.09. The van der Waals surface area contributed by atoms with Gasteiger partial charge in [-0.15, -0.1) is 0 Å². The maximum atomic E-state index is 5.33. The number of rotatable bonds is 1. The van der Waals surface area contributed by atoms with Crippen molar-refractivity contribution in [2.45, 2.75) is 6.10 Å². The first kappa shape index (κ1) is 6.28. The quantitative estimate of drug-likeness (QED) is 0.646. The SMILES string of the molecule is C1=COC(c2cc[nH]c2)C=C1. The Labute approximate surface area is 65.2 Å². The third-order valence-electron chi connectivity index (χ3n) is 1.65. The van der Waals surface area contributed by atoms with Crippen molar-refractivity contribution in [1.29, 1.82) is 0 Å². The maximum Gasteiger partial charge on any atom is 0.143 e. The van der Waals surface area contributed by atoms with Crippen LogP contribution in [-0.4, -0.2) is 4.98 Å². The second-order valence-electron chi connectivity index (χ2n) is 2.41. The van der Waals surface area contributed by atoms with Crippen molar-refractivity contribution in [1.82, 2.24) is 4.98 Å². The van der Waals surface area contributed by atoms with E-state index in [2.05, 4.69) is 4.98 Å². The number of ether oxygens (including phenoxy) is 1. The van der Waals surface area contributed by atoms with Crippen LogP contribution >= 0.6 is 0 Å². The highest BCUT2D eigenvalue weighted by Gasteiger charge is 2.08. The average molecular weight is 147 g/mol. The lowest BCUT2D eigenvalue weighted by Gasteiger charge is -2.12. The zero-order valence-corrected chi connectivity index (χ0v) is 6.03. The highest BCUT2D eigenvalue weighted by atomic mass is 16.5. The molecule has 2 nitrogen and oxygen atoms in total. The molecule has 1 N–H and O–H groups in total. The van der Waals surface area contributed by atoms with E-state index in [1.807, 2.05) is 36.7 Å². The van der Waals surface area contributed by atoms with Gasteiger partial charge in [-0.1, -0.05) is 6.08 Å². The molecule has 0 saturated heterocycles. The van der Waals surface area contributed by atoms with E-state index in [1.165, 1.54) is 0 Å². The molecule has 1 aromatic rings. The number of hydrogen-bond donors (Lipinski definition) is 1. The number of hydrogen-bond acceptors (Lipinski definition) is 1. The Bertz CT molecular complexity index is 272. The number of aromatic amines is 1. The van der Waals surface area contributed by atoms with Gasteiger partial charge in [-0.3, -0.25) is 0 Å². The standard InChI is InChI=1S/C9H9NO/c1-2-6-11-9(3-1)8-4-5-10-7-8/h1-7,9-10H. The molecule has 1 unspecified atom stereocenters. The van der Waals surface area contributed by atoms with Crippen molar-refractivity contribution in [3.8, 4) is 0 Å². The van der Waals surface area contributed by atoms with Gasteiger partial charge in [-0.2, -0.15) is 0 Å². The normalized spacial score (nSPS) is 21.6. The topological polar surface area (TPSA) is 25.0 Å². The van der Waals surface area contributed by atoms with Gasteiger partial charge in [0.05, 0.1) is 6.26 Å². The molecule has 2 rings (SSSR count). The molecule has 1 aliphatic rings. The van der Waals surface area contributed by atoms with E-state index < -0.39 is 0 Å². The summed E-state index contributed by atoms with van der Waals surface area (Å²) in [6.07, 6.45) is 11.5. The molecule has 0 saturated carbocycles. The predicted octanol–water partition coefficient (Wildman–Crippen LogP) is 2.16. The minimum absolute atomic E-state index is 0.0891. The Kier molecular flexibility index (Phi) is 1.52. The molecule has 2 heterocycles. The van der Waals surface area contributed by atoms with Crippen LogP contribution in [0.2, 0.25) is 0 Å². The van der Waals surface area contributed by atoms with Crippen LogP contribution in [0.5, 0.6) is 0 Å². The van der Waals surface area contributed by atoms with Crippen molar-refractivity contribution >= 4 is 0 Å². The Balaban J connectivity index is 2.19. The Morgan fingerprint density at radius 2 is 2.36 bits per heavy atom. The van der Waals surface area contributed by atoms with Crippen molar-refractivity contribution in [3.63, 3.8) is 0 Å². The molecule has 2 heteroatoms. The third-order valence-corrected chi connectivity index (χ3v) is 1.65. The van der Waals surface area contributed by atoms with Gasteiger partial charge >= 0.3 is 0 Å². The van der Waals surface area contributed by atoms with Crippen molar-refractivity contribution in [3.05, 3.63) is 48.5 Å². The minimum atomic E-state index is 0.0891. The van der Waals surface area contributed by atoms with E-state index in [9.17, 15) is 0 Å². The first-order chi connectivity index (χ1) is 5.47. The molecular formula is C9H9NO. The van der Waals surface area contributed by atoms with Gasteiger partial charge in [-0.25, -0.2) is 0 Å². The molecule has 0 aliphatic carbocycles. The fourth-order valence-corrected chi connectivity index (χ4v) is 1.09. The van der Waals surface area contributed by atoms with Gasteiger partial charge in [0.2, 0.25) is 0 Å². The molecule has 1 atom stereocenters.